The molecule has 9 heteroatoms. The number of benzene rings is 2. The topological polar surface area (TPSA) is 84.5 Å². The molecule has 0 radical (unpaired) electrons. The molecule has 4 aromatic rings. The first-order valence-electron chi connectivity index (χ1n) is 10.8. The van der Waals surface area contributed by atoms with Crippen LogP contribution in [0.5, 0.6) is 0 Å². The lowest BCUT2D eigenvalue weighted by Crippen LogP contribution is -2.49. The molecule has 2 aromatic heterocycles. The van der Waals surface area contributed by atoms with Gasteiger partial charge in [-0.15, -0.1) is 0 Å². The number of halogens is 1. The summed E-state index contributed by atoms with van der Waals surface area (Å²) >= 11 is 6.42. The minimum atomic E-state index is -0.364. The number of piperazine rings is 1. The zero-order valence-electron chi connectivity index (χ0n) is 17.9. The van der Waals surface area contributed by atoms with Gasteiger partial charge in [0.15, 0.2) is 11.5 Å². The molecule has 0 unspecified atom stereocenters. The second kappa shape index (κ2) is 9.07. The number of carbonyl (C=O) groups is 1. The monoisotopic (exact) mass is 463 g/mol. The summed E-state index contributed by atoms with van der Waals surface area (Å²) in [5, 5.41) is 4.43. The van der Waals surface area contributed by atoms with Crippen molar-refractivity contribution in [2.75, 3.05) is 31.1 Å². The van der Waals surface area contributed by atoms with Crippen LogP contribution in [0.1, 0.15) is 12.3 Å². The third-order valence-corrected chi connectivity index (χ3v) is 6.12. The van der Waals surface area contributed by atoms with Crippen molar-refractivity contribution in [2.24, 2.45) is 0 Å². The lowest BCUT2D eigenvalue weighted by molar-refractivity contribution is -0.131. The smallest absolute Gasteiger partial charge is 0.292 e. The molecule has 168 valence electrons. The van der Waals surface area contributed by atoms with Crippen molar-refractivity contribution >= 4 is 34.3 Å². The van der Waals surface area contributed by atoms with E-state index in [4.69, 9.17) is 16.0 Å². The van der Waals surface area contributed by atoms with Gasteiger partial charge in [-0.3, -0.25) is 9.59 Å². The lowest BCUT2D eigenvalue weighted by atomic mass is 10.2. The molecule has 0 bridgehead atoms. The van der Waals surface area contributed by atoms with E-state index in [9.17, 15) is 9.59 Å². The van der Waals surface area contributed by atoms with Crippen LogP contribution in [0.15, 0.2) is 70.0 Å². The first-order chi connectivity index (χ1) is 16.1. The number of aromatic nitrogens is 3. The number of aryl methyl sites for hydroxylation is 1. The van der Waals surface area contributed by atoms with Crippen LogP contribution in [0.25, 0.3) is 16.8 Å². The molecule has 0 spiro atoms. The Kier molecular flexibility index (Phi) is 5.83. The fourth-order valence-corrected chi connectivity index (χ4v) is 4.24. The standard InChI is InChI=1S/C24H22ClN5O3/c25-23-19(16-26-30(24(23)32)17-6-2-1-3-7-17)28-12-14-29(15-13-28)22(31)11-10-21-27-18-8-4-5-9-20(18)33-21/h1-9,16H,10-15H2. The van der Waals surface area contributed by atoms with Crippen molar-refractivity contribution in [3.63, 3.8) is 0 Å². The molecule has 0 saturated carbocycles. The Balaban J connectivity index is 1.20. The molecule has 0 atom stereocenters. The maximum absolute atomic E-state index is 12.8. The number of oxazole rings is 1. The van der Waals surface area contributed by atoms with Crippen molar-refractivity contribution in [1.82, 2.24) is 19.7 Å². The zero-order valence-corrected chi connectivity index (χ0v) is 18.6. The Morgan fingerprint density at radius 2 is 1.73 bits per heavy atom. The molecule has 3 heterocycles. The van der Waals surface area contributed by atoms with Gasteiger partial charge in [0.1, 0.15) is 10.5 Å². The molecular weight excluding hydrogens is 442 g/mol. The average Bonchev–Trinajstić information content (AvgIpc) is 3.28. The highest BCUT2D eigenvalue weighted by molar-refractivity contribution is 6.33. The van der Waals surface area contributed by atoms with Crippen LogP contribution in [-0.4, -0.2) is 51.8 Å². The molecule has 2 aromatic carbocycles. The van der Waals surface area contributed by atoms with Crippen molar-refractivity contribution in [2.45, 2.75) is 12.8 Å². The Bertz CT molecular complexity index is 1310. The number of nitrogens with zero attached hydrogens (tertiary/aromatic N) is 5. The van der Waals surface area contributed by atoms with Gasteiger partial charge in [-0.1, -0.05) is 41.9 Å². The van der Waals surface area contributed by atoms with Crippen molar-refractivity contribution in [3.8, 4) is 5.69 Å². The first kappa shape index (κ1) is 21.2. The highest BCUT2D eigenvalue weighted by Gasteiger charge is 2.24. The van der Waals surface area contributed by atoms with E-state index in [1.54, 1.807) is 18.3 Å². The van der Waals surface area contributed by atoms with Gasteiger partial charge >= 0.3 is 0 Å². The summed E-state index contributed by atoms with van der Waals surface area (Å²) in [6, 6.07) is 16.7. The lowest BCUT2D eigenvalue weighted by Gasteiger charge is -2.36. The second-order valence-electron chi connectivity index (χ2n) is 7.84. The van der Waals surface area contributed by atoms with Crippen LogP contribution >= 0.6 is 11.6 Å². The third-order valence-electron chi connectivity index (χ3n) is 5.77. The molecule has 33 heavy (non-hydrogen) atoms. The van der Waals surface area contributed by atoms with E-state index in [1.165, 1.54) is 4.68 Å². The molecule has 0 N–H and O–H groups in total. The van der Waals surface area contributed by atoms with E-state index in [2.05, 4.69) is 10.1 Å². The van der Waals surface area contributed by atoms with Crippen LogP contribution in [-0.2, 0) is 11.2 Å². The fraction of sp³-hybridized carbons (Fsp3) is 0.250. The Morgan fingerprint density at radius 1 is 1.00 bits per heavy atom. The summed E-state index contributed by atoms with van der Waals surface area (Å²) in [5.74, 6) is 0.626. The average molecular weight is 464 g/mol. The fourth-order valence-electron chi connectivity index (χ4n) is 3.99. The predicted molar refractivity (Wildman–Crippen MR) is 126 cm³/mol. The molecular formula is C24H22ClN5O3. The largest absolute Gasteiger partial charge is 0.441 e. The number of fused-ring (bicyclic) bond motifs is 1. The van der Waals surface area contributed by atoms with E-state index in [0.29, 0.717) is 56.3 Å². The van der Waals surface area contributed by atoms with Gasteiger partial charge in [-0.25, -0.2) is 4.98 Å². The molecule has 8 nitrogen and oxygen atoms in total. The minimum absolute atomic E-state index is 0.0561. The van der Waals surface area contributed by atoms with Crippen molar-refractivity contribution in [3.05, 3.63) is 82.1 Å². The van der Waals surface area contributed by atoms with E-state index in [0.717, 1.165) is 11.1 Å². The van der Waals surface area contributed by atoms with Gasteiger partial charge in [0.25, 0.3) is 5.56 Å². The number of para-hydroxylation sites is 3. The minimum Gasteiger partial charge on any atom is -0.441 e. The van der Waals surface area contributed by atoms with Crippen molar-refractivity contribution < 1.29 is 9.21 Å². The van der Waals surface area contributed by atoms with Gasteiger partial charge in [0, 0.05) is 39.0 Å². The number of hydrogen-bond acceptors (Lipinski definition) is 6. The molecule has 0 aliphatic carbocycles. The summed E-state index contributed by atoms with van der Waals surface area (Å²) in [7, 11) is 0. The van der Waals surface area contributed by atoms with Crippen LogP contribution in [0.3, 0.4) is 0 Å². The Labute approximate surface area is 195 Å². The molecule has 1 saturated heterocycles. The number of hydrogen-bond donors (Lipinski definition) is 0. The van der Waals surface area contributed by atoms with Crippen LogP contribution < -0.4 is 10.5 Å². The van der Waals surface area contributed by atoms with Crippen molar-refractivity contribution in [1.29, 1.82) is 0 Å². The Morgan fingerprint density at radius 3 is 2.48 bits per heavy atom. The van der Waals surface area contributed by atoms with Crippen LogP contribution in [0.4, 0.5) is 5.69 Å². The SMILES string of the molecule is O=C(CCc1nc2ccccc2o1)N1CCN(c2cnn(-c3ccccc3)c(=O)c2Cl)CC1. The third kappa shape index (κ3) is 4.34. The summed E-state index contributed by atoms with van der Waals surface area (Å²) in [6.45, 7) is 2.24. The second-order valence-corrected chi connectivity index (χ2v) is 8.22. The van der Waals surface area contributed by atoms with E-state index < -0.39 is 0 Å². The van der Waals surface area contributed by atoms with E-state index in [-0.39, 0.29) is 16.5 Å². The van der Waals surface area contributed by atoms with Crippen LogP contribution in [0, 0.1) is 0 Å². The predicted octanol–water partition coefficient (Wildman–Crippen LogP) is 3.31. The maximum atomic E-state index is 12.8. The normalized spacial score (nSPS) is 14.1. The molecule has 1 fully saturated rings. The number of rotatable bonds is 5. The van der Waals surface area contributed by atoms with E-state index in [1.807, 2.05) is 52.3 Å². The van der Waals surface area contributed by atoms with E-state index >= 15 is 0 Å². The summed E-state index contributed by atoms with van der Waals surface area (Å²) in [4.78, 5) is 33.7. The maximum Gasteiger partial charge on any atom is 0.292 e. The van der Waals surface area contributed by atoms with Gasteiger partial charge in [0.2, 0.25) is 5.91 Å². The molecule has 1 aliphatic heterocycles. The molecule has 5 rings (SSSR count). The quantitative estimate of drug-likeness (QED) is 0.451. The van der Waals surface area contributed by atoms with Gasteiger partial charge in [-0.2, -0.15) is 9.78 Å². The number of anilines is 1. The molecule has 1 aliphatic rings. The summed E-state index contributed by atoms with van der Waals surface area (Å²) in [5.41, 5.74) is 2.41. The summed E-state index contributed by atoms with van der Waals surface area (Å²) < 4.78 is 6.99. The van der Waals surface area contributed by atoms with Crippen LogP contribution in [0.2, 0.25) is 5.02 Å². The first-order valence-corrected chi connectivity index (χ1v) is 11.2. The number of amides is 1. The van der Waals surface area contributed by atoms with Gasteiger partial charge in [0.05, 0.1) is 17.6 Å². The summed E-state index contributed by atoms with van der Waals surface area (Å²) in [6.07, 6.45) is 2.41. The van der Waals surface area contributed by atoms with Gasteiger partial charge < -0.3 is 14.2 Å². The zero-order chi connectivity index (χ0) is 22.8. The molecule has 1 amide bonds. The van der Waals surface area contributed by atoms with Gasteiger partial charge in [-0.05, 0) is 24.3 Å². The highest BCUT2D eigenvalue weighted by Crippen LogP contribution is 2.23. The highest BCUT2D eigenvalue weighted by atomic mass is 35.5. The number of carbonyl (C=O) groups excluding carboxylic acids is 1. The Hall–Kier alpha value is -3.65.